The van der Waals surface area contributed by atoms with E-state index >= 15 is 0 Å². The maximum Gasteiger partial charge on any atom is 0.694 e. The molecule has 6 heterocycles. The zero-order chi connectivity index (χ0) is 29.6. The molecular formula is C20H24FN10O8P2S+. The predicted molar refractivity (Wildman–Crippen MR) is 145 cm³/mol. The van der Waals surface area contributed by atoms with Gasteiger partial charge in [-0.05, 0) is 11.8 Å². The molecule has 224 valence electrons. The Morgan fingerprint density at radius 1 is 0.976 bits per heavy atom. The van der Waals surface area contributed by atoms with Crippen LogP contribution in [-0.2, 0) is 39.4 Å². The molecule has 2 saturated heterocycles. The van der Waals surface area contributed by atoms with Crippen LogP contribution in [0.3, 0.4) is 0 Å². The number of fused-ring (bicyclic) bond motifs is 2. The van der Waals surface area contributed by atoms with Crippen molar-refractivity contribution in [3.63, 3.8) is 0 Å². The molecule has 18 nitrogen and oxygen atoms in total. The van der Waals surface area contributed by atoms with E-state index in [1.165, 1.54) is 29.9 Å². The van der Waals surface area contributed by atoms with Crippen LogP contribution >= 0.6 is 15.0 Å². The van der Waals surface area contributed by atoms with Crippen LogP contribution in [0.2, 0.25) is 0 Å². The van der Waals surface area contributed by atoms with Crippen molar-refractivity contribution in [2.75, 3.05) is 24.7 Å². The summed E-state index contributed by atoms with van der Waals surface area (Å²) in [6, 6.07) is 0. The van der Waals surface area contributed by atoms with E-state index in [4.69, 9.17) is 51.2 Å². The molecule has 8 atom stereocenters. The van der Waals surface area contributed by atoms with E-state index in [0.29, 0.717) is 22.3 Å². The number of hydrogen-bond acceptors (Lipinski definition) is 15. The third-order valence-electron chi connectivity index (χ3n) is 6.76. The van der Waals surface area contributed by atoms with Gasteiger partial charge in [-0.1, -0.05) is 0 Å². The van der Waals surface area contributed by atoms with Crippen LogP contribution in [0.4, 0.5) is 16.0 Å². The highest BCUT2D eigenvalue weighted by Crippen LogP contribution is 2.50. The van der Waals surface area contributed by atoms with Gasteiger partial charge in [-0.25, -0.2) is 34.3 Å². The monoisotopic (exact) mass is 645 g/mol. The molecule has 42 heavy (non-hydrogen) atoms. The van der Waals surface area contributed by atoms with Crippen molar-refractivity contribution in [1.82, 2.24) is 39.0 Å². The van der Waals surface area contributed by atoms with E-state index in [2.05, 4.69) is 29.9 Å². The Morgan fingerprint density at radius 3 is 2.14 bits per heavy atom. The van der Waals surface area contributed by atoms with Crippen molar-refractivity contribution in [3.8, 4) is 0 Å². The van der Waals surface area contributed by atoms with Crippen LogP contribution in [0.5, 0.6) is 0 Å². The molecule has 0 aromatic carbocycles. The molecule has 0 amide bonds. The van der Waals surface area contributed by atoms with E-state index in [1.54, 1.807) is 4.57 Å². The summed E-state index contributed by atoms with van der Waals surface area (Å²) < 4.78 is 57.1. The fourth-order valence-electron chi connectivity index (χ4n) is 4.81. The van der Waals surface area contributed by atoms with Gasteiger partial charge >= 0.3 is 15.0 Å². The van der Waals surface area contributed by atoms with Crippen molar-refractivity contribution >= 4 is 60.7 Å². The molecule has 22 heteroatoms. The molecule has 6 rings (SSSR count). The molecule has 2 aliphatic heterocycles. The van der Waals surface area contributed by atoms with E-state index in [9.17, 15) is 13.8 Å². The molecule has 0 saturated carbocycles. The van der Waals surface area contributed by atoms with Crippen molar-refractivity contribution in [2.45, 2.75) is 49.8 Å². The normalized spacial score (nSPS) is 28.0. The van der Waals surface area contributed by atoms with Gasteiger partial charge in [0.1, 0.15) is 67.2 Å². The Balaban J connectivity index is 1.12. The van der Waals surface area contributed by atoms with E-state index in [1.807, 2.05) is 0 Å². The molecule has 0 spiro atoms. The second-order valence-electron chi connectivity index (χ2n) is 9.35. The summed E-state index contributed by atoms with van der Waals surface area (Å²) in [4.78, 5) is 44.5. The lowest BCUT2D eigenvalue weighted by molar-refractivity contribution is -0.0435. The number of aromatic nitrogens is 8. The number of anilines is 2. The summed E-state index contributed by atoms with van der Waals surface area (Å²) in [5, 5.41) is 0. The topological polar surface area (TPSA) is 243 Å². The summed E-state index contributed by atoms with van der Waals surface area (Å²) >= 11 is 5.20. The van der Waals surface area contributed by atoms with Crippen molar-refractivity contribution in [1.29, 1.82) is 0 Å². The number of nitrogens with two attached hydrogens (primary N) is 2. The van der Waals surface area contributed by atoms with Crippen molar-refractivity contribution in [3.05, 3.63) is 25.3 Å². The fourth-order valence-corrected chi connectivity index (χ4v) is 6.56. The highest BCUT2D eigenvalue weighted by molar-refractivity contribution is 8.07. The predicted octanol–water partition coefficient (Wildman–Crippen LogP) is 1.03. The van der Waals surface area contributed by atoms with Crippen LogP contribution < -0.4 is 11.5 Å². The second-order valence-corrected chi connectivity index (χ2v) is 12.9. The molecule has 0 aliphatic carbocycles. The highest BCUT2D eigenvalue weighted by Gasteiger charge is 2.44. The van der Waals surface area contributed by atoms with Crippen LogP contribution in [0.1, 0.15) is 25.3 Å². The minimum atomic E-state index is -4.00. The first-order valence-corrected chi connectivity index (χ1v) is 16.1. The van der Waals surface area contributed by atoms with Crippen molar-refractivity contribution in [2.24, 2.45) is 0 Å². The van der Waals surface area contributed by atoms with E-state index < -0.39 is 58.5 Å². The summed E-state index contributed by atoms with van der Waals surface area (Å²) in [7, 11) is -2.94. The Morgan fingerprint density at radius 2 is 1.55 bits per heavy atom. The molecule has 2 fully saturated rings. The maximum atomic E-state index is 14.9. The number of alkyl halides is 1. The van der Waals surface area contributed by atoms with Crippen LogP contribution in [-0.4, -0.2) is 86.5 Å². The van der Waals surface area contributed by atoms with Gasteiger partial charge in [0.15, 0.2) is 22.9 Å². The van der Waals surface area contributed by atoms with Gasteiger partial charge in [0.05, 0.1) is 19.3 Å². The second kappa shape index (κ2) is 11.6. The van der Waals surface area contributed by atoms with Gasteiger partial charge in [0, 0.05) is 17.4 Å². The number of hydrogen-bond donors (Lipinski definition) is 4. The van der Waals surface area contributed by atoms with Crippen molar-refractivity contribution < 1.29 is 41.8 Å². The summed E-state index contributed by atoms with van der Waals surface area (Å²) in [5.74, 6) is 0.347. The molecular weight excluding hydrogens is 621 g/mol. The van der Waals surface area contributed by atoms with E-state index in [-0.39, 0.29) is 31.1 Å². The highest BCUT2D eigenvalue weighted by atomic mass is 32.5. The van der Waals surface area contributed by atoms with Gasteiger partial charge in [-0.3, -0.25) is 9.13 Å². The third-order valence-corrected chi connectivity index (χ3v) is 8.71. The maximum absolute atomic E-state index is 14.9. The molecule has 4 aromatic heterocycles. The SMILES string of the molecule is Nc1ncnc2c1ncn2[C@H]1C[C@@H](F)[C@@H](COP(O)(=S)O[C@H]2C[C@H](n3cnc4c(N)ncnc43)O[C@@H]2CO[P+](=O)O)O1. The van der Waals surface area contributed by atoms with Gasteiger partial charge in [0.2, 0.25) is 0 Å². The lowest BCUT2D eigenvalue weighted by Gasteiger charge is -2.24. The summed E-state index contributed by atoms with van der Waals surface area (Å²) in [5.41, 5.74) is 13.2. The minimum Gasteiger partial charge on any atom is -0.382 e. The van der Waals surface area contributed by atoms with Gasteiger partial charge in [-0.2, -0.15) is 0 Å². The first kappa shape index (κ1) is 29.2. The summed E-state index contributed by atoms with van der Waals surface area (Å²) in [6.45, 7) is -4.78. The van der Waals surface area contributed by atoms with Crippen LogP contribution in [0.15, 0.2) is 25.3 Å². The van der Waals surface area contributed by atoms with Gasteiger partial charge < -0.3 is 34.9 Å². The average molecular weight is 645 g/mol. The number of halogens is 1. The lowest BCUT2D eigenvalue weighted by Crippen LogP contribution is -2.29. The number of ether oxygens (including phenoxy) is 2. The molecule has 0 bridgehead atoms. The number of nitrogens with zero attached hydrogens (tertiary/aromatic N) is 8. The Labute approximate surface area is 241 Å². The first-order valence-electron chi connectivity index (χ1n) is 12.4. The zero-order valence-corrected chi connectivity index (χ0v) is 24.0. The molecule has 2 aliphatic rings. The fraction of sp³-hybridized carbons (Fsp3) is 0.500. The van der Waals surface area contributed by atoms with Gasteiger partial charge in [0.25, 0.3) is 0 Å². The van der Waals surface area contributed by atoms with Crippen LogP contribution in [0, 0.1) is 0 Å². The number of rotatable bonds is 10. The molecule has 2 unspecified atom stereocenters. The number of imidazole rings is 2. The Hall–Kier alpha value is -2.90. The standard InChI is InChI=1S/C20H23FN10O8P2S/c21-9-1-13(30-7-28-15-17(22)24-5-26-19(15)30)37-11(9)4-36-41(34,42)39-10-2-14(38-12(10)3-35-40(32)33)31-8-29-16-18(23)25-6-27-20(16)31/h5-14H,1-4H2,(H5-,22,23,24,25,26,27,32,33,34,42)/p+1/t9-,10+,11-,12-,13-,14-,41?/m1/s1. The number of nitrogen functional groups attached to an aromatic ring is 2. The quantitative estimate of drug-likeness (QED) is 0.176. The van der Waals surface area contributed by atoms with Gasteiger partial charge in [-0.15, -0.1) is 9.42 Å². The largest absolute Gasteiger partial charge is 0.694 e. The van der Waals surface area contributed by atoms with E-state index in [0.717, 1.165) is 0 Å². The zero-order valence-electron chi connectivity index (χ0n) is 21.4. The van der Waals surface area contributed by atoms with Crippen LogP contribution in [0.25, 0.3) is 22.3 Å². The molecule has 0 radical (unpaired) electrons. The minimum absolute atomic E-state index is 0.0393. The third kappa shape index (κ3) is 5.83. The average Bonchev–Trinajstić information content (AvgIpc) is 3.72. The Kier molecular flexibility index (Phi) is 8.09. The lowest BCUT2D eigenvalue weighted by atomic mass is 10.2. The molecule has 4 aromatic rings. The summed E-state index contributed by atoms with van der Waals surface area (Å²) in [6.07, 6.45) is -0.485. The first-order chi connectivity index (χ1) is 20.1. The Bertz CT molecular complexity index is 1680. The smallest absolute Gasteiger partial charge is 0.382 e. The molecule has 6 N–H and O–H groups in total.